The van der Waals surface area contributed by atoms with E-state index >= 15 is 0 Å². The molecule has 4 atom stereocenters. The first-order valence-electron chi connectivity index (χ1n) is 7.54. The Morgan fingerprint density at radius 2 is 2.11 bits per heavy atom. The molecule has 19 heavy (non-hydrogen) atoms. The standard InChI is InChI=1S/C15H30N2O2/c1-6-16-15(5,14(18)19)9-13(4)17-10-11(2)7-8-12(17)3/h11-13,16H,6-10H2,1-5H3,(H,18,19). The van der Waals surface area contributed by atoms with Crippen LogP contribution in [-0.2, 0) is 4.79 Å². The molecule has 1 rings (SSSR count). The molecule has 1 saturated heterocycles. The molecule has 4 heteroatoms. The number of carboxylic acids is 1. The van der Waals surface area contributed by atoms with E-state index in [0.29, 0.717) is 24.9 Å². The Balaban J connectivity index is 2.70. The first kappa shape index (κ1) is 16.4. The maximum absolute atomic E-state index is 11.5. The molecular weight excluding hydrogens is 240 g/mol. The quantitative estimate of drug-likeness (QED) is 0.778. The molecule has 0 aromatic rings. The van der Waals surface area contributed by atoms with Crippen LogP contribution in [0.15, 0.2) is 0 Å². The zero-order valence-electron chi connectivity index (χ0n) is 13.1. The lowest BCUT2D eigenvalue weighted by molar-refractivity contribution is -0.145. The summed E-state index contributed by atoms with van der Waals surface area (Å²) in [5, 5.41) is 12.6. The van der Waals surface area contributed by atoms with Gasteiger partial charge in [-0.25, -0.2) is 0 Å². The fourth-order valence-corrected chi connectivity index (χ4v) is 3.27. The van der Waals surface area contributed by atoms with Crippen molar-refractivity contribution >= 4 is 5.97 Å². The largest absolute Gasteiger partial charge is 0.480 e. The molecular formula is C15H30N2O2. The third kappa shape index (κ3) is 4.18. The van der Waals surface area contributed by atoms with E-state index in [4.69, 9.17) is 0 Å². The number of carbonyl (C=O) groups is 1. The van der Waals surface area contributed by atoms with Gasteiger partial charge >= 0.3 is 5.97 Å². The molecule has 1 aliphatic heterocycles. The molecule has 4 unspecified atom stereocenters. The zero-order valence-corrected chi connectivity index (χ0v) is 13.1. The van der Waals surface area contributed by atoms with Gasteiger partial charge in [0.15, 0.2) is 0 Å². The van der Waals surface area contributed by atoms with Crippen LogP contribution >= 0.6 is 0 Å². The van der Waals surface area contributed by atoms with Gasteiger partial charge in [0, 0.05) is 18.6 Å². The summed E-state index contributed by atoms with van der Waals surface area (Å²) in [7, 11) is 0. The average molecular weight is 270 g/mol. The van der Waals surface area contributed by atoms with Crippen LogP contribution in [0.1, 0.15) is 53.9 Å². The number of nitrogens with one attached hydrogen (secondary N) is 1. The molecule has 0 spiro atoms. The van der Waals surface area contributed by atoms with Gasteiger partial charge in [-0.3, -0.25) is 9.69 Å². The number of nitrogens with zero attached hydrogens (tertiary/aromatic N) is 1. The summed E-state index contributed by atoms with van der Waals surface area (Å²) < 4.78 is 0. The second-order valence-corrected chi connectivity index (χ2v) is 6.45. The molecule has 0 bridgehead atoms. The molecule has 1 aliphatic rings. The summed E-state index contributed by atoms with van der Waals surface area (Å²) in [6.07, 6.45) is 3.15. The maximum atomic E-state index is 11.5. The molecule has 112 valence electrons. The number of rotatable bonds is 6. The molecule has 1 heterocycles. The minimum atomic E-state index is -0.825. The van der Waals surface area contributed by atoms with Gasteiger partial charge in [-0.05, 0) is 52.5 Å². The molecule has 0 radical (unpaired) electrons. The maximum Gasteiger partial charge on any atom is 0.323 e. The van der Waals surface area contributed by atoms with Crippen molar-refractivity contribution in [2.45, 2.75) is 71.5 Å². The van der Waals surface area contributed by atoms with Crippen LogP contribution in [0, 0.1) is 5.92 Å². The Kier molecular flexibility index (Phi) is 5.81. The Bertz CT molecular complexity index is 309. The van der Waals surface area contributed by atoms with Crippen molar-refractivity contribution in [2.75, 3.05) is 13.1 Å². The summed E-state index contributed by atoms with van der Waals surface area (Å²) in [6.45, 7) is 12.2. The van der Waals surface area contributed by atoms with Crippen molar-refractivity contribution in [1.82, 2.24) is 10.2 Å². The fraction of sp³-hybridized carbons (Fsp3) is 0.933. The summed E-state index contributed by atoms with van der Waals surface area (Å²) in [6, 6.07) is 0.851. The van der Waals surface area contributed by atoms with Gasteiger partial charge in [-0.15, -0.1) is 0 Å². The van der Waals surface area contributed by atoms with Gasteiger partial charge in [-0.1, -0.05) is 13.8 Å². The van der Waals surface area contributed by atoms with Crippen molar-refractivity contribution in [3.8, 4) is 0 Å². The van der Waals surface area contributed by atoms with Crippen molar-refractivity contribution in [1.29, 1.82) is 0 Å². The molecule has 4 nitrogen and oxygen atoms in total. The van der Waals surface area contributed by atoms with Gasteiger partial charge in [0.1, 0.15) is 5.54 Å². The first-order valence-corrected chi connectivity index (χ1v) is 7.54. The predicted molar refractivity (Wildman–Crippen MR) is 78.4 cm³/mol. The molecule has 0 saturated carbocycles. The molecule has 0 amide bonds. The fourth-order valence-electron chi connectivity index (χ4n) is 3.27. The van der Waals surface area contributed by atoms with Gasteiger partial charge in [0.2, 0.25) is 0 Å². The van der Waals surface area contributed by atoms with E-state index < -0.39 is 11.5 Å². The lowest BCUT2D eigenvalue weighted by Gasteiger charge is -2.43. The second-order valence-electron chi connectivity index (χ2n) is 6.45. The molecule has 2 N–H and O–H groups in total. The second kappa shape index (κ2) is 6.71. The highest BCUT2D eigenvalue weighted by molar-refractivity contribution is 5.78. The Hall–Kier alpha value is -0.610. The smallest absolute Gasteiger partial charge is 0.323 e. The topological polar surface area (TPSA) is 52.6 Å². The average Bonchev–Trinajstić information content (AvgIpc) is 2.32. The Morgan fingerprint density at radius 1 is 1.47 bits per heavy atom. The van der Waals surface area contributed by atoms with Crippen LogP contribution in [0.3, 0.4) is 0 Å². The number of hydrogen-bond donors (Lipinski definition) is 2. The number of piperidine rings is 1. The number of likely N-dealkylation sites (tertiary alicyclic amines) is 1. The summed E-state index contributed by atoms with van der Waals surface area (Å²) in [5.74, 6) is -0.0345. The number of carboxylic acid groups (broad SMARTS) is 1. The third-order valence-electron chi connectivity index (χ3n) is 4.47. The lowest BCUT2D eigenvalue weighted by Crippen LogP contribution is -2.55. The Morgan fingerprint density at radius 3 is 2.63 bits per heavy atom. The van der Waals surface area contributed by atoms with E-state index in [1.165, 1.54) is 12.8 Å². The van der Waals surface area contributed by atoms with E-state index in [9.17, 15) is 9.90 Å². The minimum absolute atomic E-state index is 0.290. The highest BCUT2D eigenvalue weighted by Crippen LogP contribution is 2.26. The minimum Gasteiger partial charge on any atom is -0.480 e. The lowest BCUT2D eigenvalue weighted by atomic mass is 9.88. The van der Waals surface area contributed by atoms with E-state index in [0.717, 1.165) is 6.54 Å². The van der Waals surface area contributed by atoms with E-state index in [-0.39, 0.29) is 6.04 Å². The number of likely N-dealkylation sites (N-methyl/N-ethyl adjacent to an activating group) is 1. The molecule has 0 aliphatic carbocycles. The molecule has 0 aromatic carbocycles. The van der Waals surface area contributed by atoms with Crippen LogP contribution in [0.4, 0.5) is 0 Å². The van der Waals surface area contributed by atoms with E-state index in [2.05, 4.69) is 31.0 Å². The van der Waals surface area contributed by atoms with Crippen LogP contribution in [0.25, 0.3) is 0 Å². The zero-order chi connectivity index (χ0) is 14.6. The van der Waals surface area contributed by atoms with Crippen molar-refractivity contribution in [3.63, 3.8) is 0 Å². The normalized spacial score (nSPS) is 29.7. The van der Waals surface area contributed by atoms with Crippen molar-refractivity contribution in [3.05, 3.63) is 0 Å². The van der Waals surface area contributed by atoms with Crippen LogP contribution < -0.4 is 5.32 Å². The summed E-state index contributed by atoms with van der Waals surface area (Å²) in [5.41, 5.74) is -0.825. The van der Waals surface area contributed by atoms with E-state index in [1.807, 2.05) is 6.92 Å². The molecule has 1 fully saturated rings. The first-order chi connectivity index (χ1) is 8.80. The van der Waals surface area contributed by atoms with Gasteiger partial charge in [0.25, 0.3) is 0 Å². The summed E-state index contributed by atoms with van der Waals surface area (Å²) >= 11 is 0. The van der Waals surface area contributed by atoms with E-state index in [1.54, 1.807) is 6.92 Å². The van der Waals surface area contributed by atoms with Crippen molar-refractivity contribution in [2.24, 2.45) is 5.92 Å². The van der Waals surface area contributed by atoms with Gasteiger partial charge in [0.05, 0.1) is 0 Å². The SMILES string of the molecule is CCNC(C)(CC(C)N1CC(C)CCC1C)C(=O)O. The highest BCUT2D eigenvalue weighted by atomic mass is 16.4. The molecule has 0 aromatic heterocycles. The van der Waals surface area contributed by atoms with Gasteiger partial charge < -0.3 is 10.4 Å². The monoisotopic (exact) mass is 270 g/mol. The predicted octanol–water partition coefficient (Wildman–Crippen LogP) is 2.34. The van der Waals surface area contributed by atoms with Crippen LogP contribution in [-0.4, -0.2) is 46.7 Å². The third-order valence-corrected chi connectivity index (χ3v) is 4.47. The van der Waals surface area contributed by atoms with Crippen LogP contribution in [0.2, 0.25) is 0 Å². The Labute approximate surface area is 117 Å². The van der Waals surface area contributed by atoms with Crippen molar-refractivity contribution < 1.29 is 9.90 Å². The highest BCUT2D eigenvalue weighted by Gasteiger charge is 2.37. The summed E-state index contributed by atoms with van der Waals surface area (Å²) in [4.78, 5) is 14.0. The number of aliphatic carboxylic acids is 1. The number of hydrogen-bond acceptors (Lipinski definition) is 3. The van der Waals surface area contributed by atoms with Crippen LogP contribution in [0.5, 0.6) is 0 Å². The van der Waals surface area contributed by atoms with Gasteiger partial charge in [-0.2, -0.15) is 0 Å².